The average molecular weight is 774 g/mol. The molecule has 0 bridgehead atoms. The van der Waals surface area contributed by atoms with E-state index in [2.05, 4.69) is 36.1 Å². The summed E-state index contributed by atoms with van der Waals surface area (Å²) in [5.41, 5.74) is 5.41. The van der Waals surface area contributed by atoms with Gasteiger partial charge in [-0.3, -0.25) is 15.0 Å². The van der Waals surface area contributed by atoms with Gasteiger partial charge in [-0.2, -0.15) is 10.1 Å². The van der Waals surface area contributed by atoms with Crippen LogP contribution in [0, 0.1) is 0 Å². The fourth-order valence-electron chi connectivity index (χ4n) is 6.95. The van der Waals surface area contributed by atoms with Gasteiger partial charge >= 0.3 is 6.03 Å². The number of aromatic nitrogens is 4. The Hall–Kier alpha value is -7.29. The monoisotopic (exact) mass is 773 g/mol. The van der Waals surface area contributed by atoms with Crippen LogP contribution in [0.1, 0.15) is 5.56 Å². The van der Waals surface area contributed by atoms with E-state index in [4.69, 9.17) is 19.3 Å². The number of carbonyl (C=O) groups excluding carboxylic acids is 2. The maximum atomic E-state index is 13.7. The Kier molecular flexibility index (Phi) is 10.3. The number of nitrogens with zero attached hydrogens (tertiary/aromatic N) is 5. The number of amides is 3. The first-order chi connectivity index (χ1) is 28.5. The van der Waals surface area contributed by atoms with Gasteiger partial charge in [0.05, 0.1) is 36.7 Å². The topological polar surface area (TPSA) is 157 Å². The van der Waals surface area contributed by atoms with Gasteiger partial charge in [-0.1, -0.05) is 60.7 Å². The first kappa shape index (κ1) is 36.4. The van der Waals surface area contributed by atoms with Crippen molar-refractivity contribution < 1.29 is 23.8 Å². The maximum Gasteiger partial charge on any atom is 0.324 e. The van der Waals surface area contributed by atoms with Gasteiger partial charge in [0.1, 0.15) is 23.9 Å². The molecule has 2 aliphatic rings. The second-order valence-corrected chi connectivity index (χ2v) is 13.8. The molecule has 290 valence electrons. The Balaban J connectivity index is 0.905. The molecule has 0 unspecified atom stereocenters. The van der Waals surface area contributed by atoms with Gasteiger partial charge in [0, 0.05) is 65.7 Å². The number of ether oxygens (including phenoxy) is 3. The van der Waals surface area contributed by atoms with Gasteiger partial charge in [-0.15, -0.1) is 0 Å². The Morgan fingerprint density at radius 3 is 2.50 bits per heavy atom. The number of fused-ring (bicyclic) bond motifs is 2. The highest BCUT2D eigenvalue weighted by Crippen LogP contribution is 2.35. The molecule has 0 aliphatic carbocycles. The predicted octanol–water partition coefficient (Wildman–Crippen LogP) is 7.87. The van der Waals surface area contributed by atoms with E-state index in [9.17, 15) is 9.59 Å². The minimum absolute atomic E-state index is 0.0307. The minimum Gasteiger partial charge on any atom is -0.492 e. The van der Waals surface area contributed by atoms with Crippen LogP contribution in [0.2, 0.25) is 0 Å². The summed E-state index contributed by atoms with van der Waals surface area (Å²) in [5.74, 6) is 2.41. The van der Waals surface area contributed by atoms with Crippen LogP contribution in [0.4, 0.5) is 33.6 Å². The molecule has 1 saturated heterocycles. The molecule has 0 spiro atoms. The number of hydrogen-bond acceptors (Lipinski definition) is 10. The third-order valence-corrected chi connectivity index (χ3v) is 9.85. The van der Waals surface area contributed by atoms with E-state index in [1.54, 1.807) is 29.1 Å². The highest BCUT2D eigenvalue weighted by Gasteiger charge is 2.19. The Morgan fingerprint density at radius 1 is 0.845 bits per heavy atom. The smallest absolute Gasteiger partial charge is 0.324 e. The molecule has 4 N–H and O–H groups in total. The van der Waals surface area contributed by atoms with Crippen LogP contribution in [0.5, 0.6) is 17.4 Å². The molecule has 0 radical (unpaired) electrons. The molecule has 9 rings (SSSR count). The molecule has 2 aliphatic heterocycles. The van der Waals surface area contributed by atoms with Crippen LogP contribution < -0.4 is 30.7 Å². The molecule has 58 heavy (non-hydrogen) atoms. The number of morpholine rings is 1. The first-order valence-corrected chi connectivity index (χ1v) is 19.0. The van der Waals surface area contributed by atoms with Crippen LogP contribution in [-0.2, 0) is 16.0 Å². The van der Waals surface area contributed by atoms with E-state index in [-0.39, 0.29) is 5.91 Å². The fourth-order valence-corrected chi connectivity index (χ4v) is 6.95. The van der Waals surface area contributed by atoms with Crippen molar-refractivity contribution in [3.05, 3.63) is 133 Å². The van der Waals surface area contributed by atoms with Gasteiger partial charge in [-0.25, -0.2) is 14.5 Å². The van der Waals surface area contributed by atoms with Crippen LogP contribution in [-0.4, -0.2) is 76.0 Å². The standard InChI is InChI=1S/C44H39N9O5/c54-41-26-30-10-11-31(27-37(30)47-41)46-43-45-19-18-42(50-43)58-39-17-16-36(34-8-4-5-9-35(34)39)48-44(55)49-40-28-38(29-6-2-1-3-7-29)51-53(40)32-12-14-33(15-13-32)57-25-22-52-20-23-56-24-21-52/h1-19,27-28H,20-26H2,(H,47,54)(H,45,46,50)(H2,48,49,55). The highest BCUT2D eigenvalue weighted by molar-refractivity contribution is 6.07. The summed E-state index contributed by atoms with van der Waals surface area (Å²) in [7, 11) is 0. The normalized spacial score (nSPS) is 13.8. The van der Waals surface area contributed by atoms with Crippen molar-refractivity contribution in [1.29, 1.82) is 0 Å². The molecule has 3 amide bonds. The number of benzene rings is 5. The zero-order valence-corrected chi connectivity index (χ0v) is 31.4. The predicted molar refractivity (Wildman–Crippen MR) is 223 cm³/mol. The summed E-state index contributed by atoms with van der Waals surface area (Å²) < 4.78 is 19.5. The summed E-state index contributed by atoms with van der Waals surface area (Å²) >= 11 is 0. The molecule has 4 heterocycles. The maximum absolute atomic E-state index is 13.7. The molecular weight excluding hydrogens is 735 g/mol. The fraction of sp³-hybridized carbons (Fsp3) is 0.159. The molecule has 2 aromatic heterocycles. The van der Waals surface area contributed by atoms with Gasteiger partial charge in [0.2, 0.25) is 17.7 Å². The molecule has 7 aromatic rings. The summed E-state index contributed by atoms with van der Waals surface area (Å²) in [4.78, 5) is 36.7. The van der Waals surface area contributed by atoms with E-state index in [1.807, 2.05) is 103 Å². The van der Waals surface area contributed by atoms with E-state index in [1.165, 1.54) is 0 Å². The van der Waals surface area contributed by atoms with E-state index >= 15 is 0 Å². The van der Waals surface area contributed by atoms with Crippen molar-refractivity contribution in [1.82, 2.24) is 24.6 Å². The number of anilines is 5. The lowest BCUT2D eigenvalue weighted by Crippen LogP contribution is -2.38. The third-order valence-electron chi connectivity index (χ3n) is 9.85. The van der Waals surface area contributed by atoms with Crippen molar-refractivity contribution in [2.24, 2.45) is 0 Å². The highest BCUT2D eigenvalue weighted by atomic mass is 16.5. The Bertz CT molecular complexity index is 2590. The second kappa shape index (κ2) is 16.4. The molecule has 1 fully saturated rings. The molecule has 5 aromatic carbocycles. The van der Waals surface area contributed by atoms with Crippen molar-refractivity contribution in [2.45, 2.75) is 6.42 Å². The summed E-state index contributed by atoms with van der Waals surface area (Å²) in [6.45, 7) is 4.74. The second-order valence-electron chi connectivity index (χ2n) is 13.8. The van der Waals surface area contributed by atoms with Crippen molar-refractivity contribution >= 4 is 51.5 Å². The van der Waals surface area contributed by atoms with Crippen molar-refractivity contribution in [3.8, 4) is 34.3 Å². The summed E-state index contributed by atoms with van der Waals surface area (Å²) in [6, 6.07) is 37.4. The van der Waals surface area contributed by atoms with Crippen LogP contribution in [0.25, 0.3) is 27.7 Å². The largest absolute Gasteiger partial charge is 0.492 e. The SMILES string of the molecule is O=C1Cc2ccc(Nc3nccc(Oc4ccc(NC(=O)Nc5cc(-c6ccccc6)nn5-c5ccc(OCCN6CCOCC6)cc5)c5ccccc45)n3)cc2N1. The molecule has 0 saturated carbocycles. The number of hydrogen-bond donors (Lipinski definition) is 4. The number of nitrogens with one attached hydrogen (secondary N) is 4. The number of urea groups is 1. The van der Waals surface area contributed by atoms with Gasteiger partial charge < -0.3 is 30.2 Å². The lowest BCUT2D eigenvalue weighted by Gasteiger charge is -2.26. The molecule has 14 nitrogen and oxygen atoms in total. The first-order valence-electron chi connectivity index (χ1n) is 19.0. The Morgan fingerprint density at radius 2 is 1.66 bits per heavy atom. The minimum atomic E-state index is -0.444. The van der Waals surface area contributed by atoms with Gasteiger partial charge in [-0.05, 0) is 54.1 Å². The van der Waals surface area contributed by atoms with Gasteiger partial charge in [0.15, 0.2) is 0 Å². The summed E-state index contributed by atoms with van der Waals surface area (Å²) in [6.07, 6.45) is 1.97. The van der Waals surface area contributed by atoms with Gasteiger partial charge in [0.25, 0.3) is 0 Å². The lowest BCUT2D eigenvalue weighted by molar-refractivity contribution is -0.115. The van der Waals surface area contributed by atoms with Crippen molar-refractivity contribution in [3.63, 3.8) is 0 Å². The third kappa shape index (κ3) is 8.28. The van der Waals surface area contributed by atoms with Crippen LogP contribution >= 0.6 is 0 Å². The van der Waals surface area contributed by atoms with E-state index in [0.717, 1.165) is 77.6 Å². The number of carbonyl (C=O) groups is 2. The average Bonchev–Trinajstić information content (AvgIpc) is 3.85. The van der Waals surface area contributed by atoms with E-state index < -0.39 is 6.03 Å². The Labute approximate surface area is 333 Å². The van der Waals surface area contributed by atoms with E-state index in [0.29, 0.717) is 47.8 Å². The van der Waals surface area contributed by atoms with Crippen molar-refractivity contribution in [2.75, 3.05) is 60.7 Å². The zero-order valence-electron chi connectivity index (χ0n) is 31.4. The summed E-state index contributed by atoms with van der Waals surface area (Å²) in [5, 5.41) is 18.5. The molecule has 0 atom stereocenters. The quantitative estimate of drug-likeness (QED) is 0.0964. The number of rotatable bonds is 12. The molecular formula is C44H39N9O5. The van der Waals surface area contributed by atoms with Crippen LogP contribution in [0.15, 0.2) is 128 Å². The van der Waals surface area contributed by atoms with Crippen LogP contribution in [0.3, 0.4) is 0 Å². The zero-order chi connectivity index (χ0) is 39.3. The lowest BCUT2D eigenvalue weighted by atomic mass is 10.1. The molecule has 14 heteroatoms.